The van der Waals surface area contributed by atoms with Gasteiger partial charge < -0.3 is 14.7 Å². The Morgan fingerprint density at radius 2 is 2.19 bits per heavy atom. The number of nitrogens with one attached hydrogen (secondary N) is 1. The molecule has 86 valence electrons. The van der Waals surface area contributed by atoms with Crippen LogP contribution in [-0.2, 0) is 0 Å². The summed E-state index contributed by atoms with van der Waals surface area (Å²) in [5, 5.41) is 7.17. The van der Waals surface area contributed by atoms with Gasteiger partial charge in [0.15, 0.2) is 0 Å². The topological polar surface area (TPSA) is 58.4 Å². The molecule has 1 aliphatic carbocycles. The van der Waals surface area contributed by atoms with Crippen molar-refractivity contribution in [2.75, 3.05) is 26.2 Å². The first-order chi connectivity index (χ1) is 7.84. The lowest BCUT2D eigenvalue weighted by atomic mass is 10.2. The fraction of sp³-hybridized carbons (Fsp3) is 0.636. The summed E-state index contributed by atoms with van der Waals surface area (Å²) in [6.45, 7) is 3.21. The van der Waals surface area contributed by atoms with Crippen LogP contribution in [0.3, 0.4) is 0 Å². The van der Waals surface area contributed by atoms with Crippen molar-refractivity contribution in [3.63, 3.8) is 0 Å². The predicted molar refractivity (Wildman–Crippen MR) is 57.3 cm³/mol. The lowest BCUT2D eigenvalue weighted by Crippen LogP contribution is -2.46. The number of aromatic nitrogens is 1. The molecule has 2 heterocycles. The highest BCUT2D eigenvalue weighted by Crippen LogP contribution is 2.39. The van der Waals surface area contributed by atoms with E-state index in [0.29, 0.717) is 11.7 Å². The molecule has 0 atom stereocenters. The molecule has 1 aromatic heterocycles. The fourth-order valence-electron chi connectivity index (χ4n) is 1.98. The molecular formula is C11H15N3O2. The zero-order valence-electron chi connectivity index (χ0n) is 9.11. The van der Waals surface area contributed by atoms with Crippen molar-refractivity contribution in [2.24, 2.45) is 0 Å². The first-order valence-electron chi connectivity index (χ1n) is 5.81. The van der Waals surface area contributed by atoms with Crippen molar-refractivity contribution < 1.29 is 9.32 Å². The summed E-state index contributed by atoms with van der Waals surface area (Å²) in [7, 11) is 0. The van der Waals surface area contributed by atoms with Gasteiger partial charge in [-0.15, -0.1) is 0 Å². The van der Waals surface area contributed by atoms with E-state index in [-0.39, 0.29) is 5.91 Å². The van der Waals surface area contributed by atoms with E-state index in [0.717, 1.165) is 31.9 Å². The zero-order valence-corrected chi connectivity index (χ0v) is 9.11. The highest BCUT2D eigenvalue weighted by molar-refractivity contribution is 5.91. The molecule has 0 aromatic carbocycles. The lowest BCUT2D eigenvalue weighted by molar-refractivity contribution is 0.0693. The molecule has 0 unspecified atom stereocenters. The van der Waals surface area contributed by atoms with Crippen LogP contribution < -0.4 is 5.32 Å². The van der Waals surface area contributed by atoms with Crippen molar-refractivity contribution >= 4 is 5.91 Å². The molecule has 1 amide bonds. The van der Waals surface area contributed by atoms with Crippen LogP contribution in [0.15, 0.2) is 10.6 Å². The average Bonchev–Trinajstić information content (AvgIpc) is 3.08. The summed E-state index contributed by atoms with van der Waals surface area (Å²) in [5.41, 5.74) is 0.943. The standard InChI is InChI=1S/C11H15N3O2/c15-11(14-5-3-12-4-6-14)10-7-9(13-16-10)8-1-2-8/h7-8,12H,1-6H2. The smallest absolute Gasteiger partial charge is 0.292 e. The second kappa shape index (κ2) is 3.90. The Labute approximate surface area is 93.8 Å². The molecule has 5 heteroatoms. The van der Waals surface area contributed by atoms with Gasteiger partial charge in [-0.05, 0) is 12.8 Å². The molecule has 2 fully saturated rings. The number of hydrogen-bond donors (Lipinski definition) is 1. The zero-order chi connectivity index (χ0) is 11.0. The Kier molecular flexibility index (Phi) is 2.40. The minimum Gasteiger partial charge on any atom is -0.351 e. The monoisotopic (exact) mass is 221 g/mol. The van der Waals surface area contributed by atoms with Crippen molar-refractivity contribution in [1.82, 2.24) is 15.4 Å². The maximum atomic E-state index is 12.0. The summed E-state index contributed by atoms with van der Waals surface area (Å²) in [6, 6.07) is 1.81. The largest absolute Gasteiger partial charge is 0.351 e. The van der Waals surface area contributed by atoms with Crippen molar-refractivity contribution in [3.8, 4) is 0 Å². The van der Waals surface area contributed by atoms with Gasteiger partial charge in [-0.1, -0.05) is 5.16 Å². The third kappa shape index (κ3) is 1.82. The average molecular weight is 221 g/mol. The van der Waals surface area contributed by atoms with E-state index >= 15 is 0 Å². The molecule has 3 rings (SSSR count). The number of hydrogen-bond acceptors (Lipinski definition) is 4. The first kappa shape index (κ1) is 9.84. The van der Waals surface area contributed by atoms with Crippen LogP contribution in [0.4, 0.5) is 0 Å². The SMILES string of the molecule is O=C(c1cc(C2CC2)no1)N1CCNCC1. The van der Waals surface area contributed by atoms with Gasteiger partial charge in [-0.2, -0.15) is 0 Å². The Hall–Kier alpha value is -1.36. The highest BCUT2D eigenvalue weighted by atomic mass is 16.5. The number of piperazine rings is 1. The third-order valence-corrected chi connectivity index (χ3v) is 3.14. The molecule has 2 aliphatic rings. The van der Waals surface area contributed by atoms with Crippen LogP contribution in [-0.4, -0.2) is 42.1 Å². The second-order valence-electron chi connectivity index (χ2n) is 4.43. The second-order valence-corrected chi connectivity index (χ2v) is 4.43. The van der Waals surface area contributed by atoms with E-state index in [2.05, 4.69) is 10.5 Å². The Morgan fingerprint density at radius 1 is 1.44 bits per heavy atom. The third-order valence-electron chi connectivity index (χ3n) is 3.14. The Balaban J connectivity index is 1.71. The molecule has 16 heavy (non-hydrogen) atoms. The van der Waals surface area contributed by atoms with Crippen LogP contribution in [0, 0.1) is 0 Å². The number of nitrogens with zero attached hydrogens (tertiary/aromatic N) is 2. The van der Waals surface area contributed by atoms with E-state index in [1.807, 2.05) is 11.0 Å². The fourth-order valence-corrected chi connectivity index (χ4v) is 1.98. The van der Waals surface area contributed by atoms with Crippen LogP contribution in [0.1, 0.15) is 35.0 Å². The summed E-state index contributed by atoms with van der Waals surface area (Å²) >= 11 is 0. The number of rotatable bonds is 2. The van der Waals surface area contributed by atoms with E-state index < -0.39 is 0 Å². The van der Waals surface area contributed by atoms with Gasteiger partial charge in [0.25, 0.3) is 5.91 Å². The van der Waals surface area contributed by atoms with Gasteiger partial charge in [0.2, 0.25) is 5.76 Å². The summed E-state index contributed by atoms with van der Waals surface area (Å²) < 4.78 is 5.12. The molecule has 0 spiro atoms. The van der Waals surface area contributed by atoms with Gasteiger partial charge in [0.1, 0.15) is 0 Å². The number of carbonyl (C=O) groups excluding carboxylic acids is 1. The van der Waals surface area contributed by atoms with E-state index in [9.17, 15) is 4.79 Å². The van der Waals surface area contributed by atoms with E-state index in [4.69, 9.17) is 4.52 Å². The summed E-state index contributed by atoms with van der Waals surface area (Å²) in [4.78, 5) is 13.8. The maximum absolute atomic E-state index is 12.0. The molecule has 1 aliphatic heterocycles. The van der Waals surface area contributed by atoms with Crippen molar-refractivity contribution in [3.05, 3.63) is 17.5 Å². The molecule has 1 saturated carbocycles. The van der Waals surface area contributed by atoms with Crippen molar-refractivity contribution in [2.45, 2.75) is 18.8 Å². The summed E-state index contributed by atoms with van der Waals surface area (Å²) in [6.07, 6.45) is 2.35. The van der Waals surface area contributed by atoms with Gasteiger partial charge in [0.05, 0.1) is 5.69 Å². The molecule has 1 aromatic rings. The van der Waals surface area contributed by atoms with E-state index in [1.54, 1.807) is 0 Å². The molecular weight excluding hydrogens is 206 g/mol. The van der Waals surface area contributed by atoms with Crippen LogP contribution >= 0.6 is 0 Å². The predicted octanol–water partition coefficient (Wildman–Crippen LogP) is 0.597. The molecule has 5 nitrogen and oxygen atoms in total. The van der Waals surface area contributed by atoms with Crippen LogP contribution in [0.5, 0.6) is 0 Å². The van der Waals surface area contributed by atoms with Crippen molar-refractivity contribution in [1.29, 1.82) is 0 Å². The Bertz CT molecular complexity index is 392. The van der Waals surface area contributed by atoms with Gasteiger partial charge >= 0.3 is 0 Å². The maximum Gasteiger partial charge on any atom is 0.292 e. The minimum absolute atomic E-state index is 0.0269. The summed E-state index contributed by atoms with van der Waals surface area (Å²) in [5.74, 6) is 0.901. The first-order valence-corrected chi connectivity index (χ1v) is 5.81. The normalized spacial score (nSPS) is 21.1. The minimum atomic E-state index is -0.0269. The molecule has 0 bridgehead atoms. The lowest BCUT2D eigenvalue weighted by Gasteiger charge is -2.26. The van der Waals surface area contributed by atoms with E-state index in [1.165, 1.54) is 12.8 Å². The molecule has 0 radical (unpaired) electrons. The van der Waals surface area contributed by atoms with Gasteiger partial charge in [0, 0.05) is 38.2 Å². The number of carbonyl (C=O) groups is 1. The molecule has 1 saturated heterocycles. The van der Waals surface area contributed by atoms with Gasteiger partial charge in [-0.3, -0.25) is 4.79 Å². The quantitative estimate of drug-likeness (QED) is 0.794. The van der Waals surface area contributed by atoms with Crippen LogP contribution in [0.2, 0.25) is 0 Å². The van der Waals surface area contributed by atoms with Crippen LogP contribution in [0.25, 0.3) is 0 Å². The molecule has 1 N–H and O–H groups in total. The number of amides is 1. The highest BCUT2D eigenvalue weighted by Gasteiger charge is 2.29. The van der Waals surface area contributed by atoms with Gasteiger partial charge in [-0.25, -0.2) is 0 Å². The Morgan fingerprint density at radius 3 is 2.88 bits per heavy atom.